The number of benzene rings is 2. The lowest BCUT2D eigenvalue weighted by atomic mass is 9.92. The van der Waals surface area contributed by atoms with Crippen LogP contribution in [0.25, 0.3) is 10.9 Å². The summed E-state index contributed by atoms with van der Waals surface area (Å²) >= 11 is 0. The van der Waals surface area contributed by atoms with E-state index in [1.165, 1.54) is 12.1 Å². The fraction of sp³-hybridized carbons (Fsp3) is 0.308. The highest BCUT2D eigenvalue weighted by Crippen LogP contribution is 2.18. The van der Waals surface area contributed by atoms with E-state index in [0.717, 1.165) is 17.3 Å². The number of aromatic nitrogens is 1. The van der Waals surface area contributed by atoms with Crippen molar-refractivity contribution in [3.63, 3.8) is 0 Å². The number of amides is 3. The quantitative estimate of drug-likeness (QED) is 0.399. The third-order valence-electron chi connectivity index (χ3n) is 6.14. The number of nitriles is 1. The number of carbonyl (C=O) groups excluding carboxylic acids is 3. The van der Waals surface area contributed by atoms with Gasteiger partial charge >= 0.3 is 0 Å². The first-order valence-corrected chi connectivity index (χ1v) is 11.5. The summed E-state index contributed by atoms with van der Waals surface area (Å²) in [6, 6.07) is 14.9. The molecule has 3 amide bonds. The molecule has 0 radical (unpaired) electrons. The average molecular weight is 476 g/mol. The van der Waals surface area contributed by atoms with E-state index in [1.807, 2.05) is 30.3 Å². The number of rotatable bonds is 8. The maximum absolute atomic E-state index is 13.4. The minimum atomic E-state index is -1.02. The van der Waals surface area contributed by atoms with Crippen LogP contribution < -0.4 is 16.0 Å². The van der Waals surface area contributed by atoms with E-state index in [4.69, 9.17) is 0 Å². The van der Waals surface area contributed by atoms with Gasteiger partial charge in [-0.3, -0.25) is 14.4 Å². The molecular weight excluding hydrogens is 449 g/mol. The van der Waals surface area contributed by atoms with Crippen LogP contribution in [0.15, 0.2) is 54.6 Å². The van der Waals surface area contributed by atoms with Crippen molar-refractivity contribution in [3.05, 3.63) is 71.7 Å². The van der Waals surface area contributed by atoms with Gasteiger partial charge in [-0.05, 0) is 49.1 Å². The van der Waals surface area contributed by atoms with Gasteiger partial charge in [0.1, 0.15) is 23.6 Å². The van der Waals surface area contributed by atoms with Crippen molar-refractivity contribution in [3.8, 4) is 6.07 Å². The maximum Gasteiger partial charge on any atom is 0.268 e. The van der Waals surface area contributed by atoms with Crippen LogP contribution in [0.5, 0.6) is 0 Å². The Labute approximate surface area is 201 Å². The first kappa shape index (κ1) is 24.0. The molecule has 3 aromatic rings. The van der Waals surface area contributed by atoms with Gasteiger partial charge in [-0.15, -0.1) is 0 Å². The Kier molecular flexibility index (Phi) is 7.41. The summed E-state index contributed by atoms with van der Waals surface area (Å²) < 4.78 is 13.4. The Hall–Kier alpha value is -4.19. The third-order valence-corrected chi connectivity index (χ3v) is 6.14. The van der Waals surface area contributed by atoms with Crippen LogP contribution in [0.4, 0.5) is 4.39 Å². The lowest BCUT2D eigenvalue weighted by Gasteiger charge is -2.25. The highest BCUT2D eigenvalue weighted by molar-refractivity contribution is 6.00. The number of aromatic amines is 1. The van der Waals surface area contributed by atoms with Crippen LogP contribution in [0, 0.1) is 23.1 Å². The second-order valence-electron chi connectivity index (χ2n) is 8.68. The molecule has 0 bridgehead atoms. The Bertz CT molecular complexity index is 1230. The van der Waals surface area contributed by atoms with Gasteiger partial charge in [-0.1, -0.05) is 30.3 Å². The summed E-state index contributed by atoms with van der Waals surface area (Å²) in [5, 5.41) is 18.6. The predicted octanol–water partition coefficient (Wildman–Crippen LogP) is 2.57. The number of H-pyrrole nitrogens is 1. The van der Waals surface area contributed by atoms with Crippen LogP contribution in [0.3, 0.4) is 0 Å². The Morgan fingerprint density at radius 1 is 1.14 bits per heavy atom. The molecular formula is C26H26FN5O3. The first-order valence-electron chi connectivity index (χ1n) is 11.5. The number of piperidine rings is 1. The Morgan fingerprint density at radius 3 is 2.63 bits per heavy atom. The number of hydrogen-bond donors (Lipinski definition) is 4. The van der Waals surface area contributed by atoms with Gasteiger partial charge < -0.3 is 20.9 Å². The summed E-state index contributed by atoms with van der Waals surface area (Å²) in [6.07, 6.45) is 1.75. The SMILES string of the molecule is N#C[C@H](C[C@@H]1CCCNC1=O)NC(=O)[C@H](Cc1ccc(F)cc1)NC(=O)c1cc2ccccc2[nH]1. The first-order chi connectivity index (χ1) is 16.9. The van der Waals surface area contributed by atoms with Gasteiger partial charge in [0.25, 0.3) is 5.91 Å². The van der Waals surface area contributed by atoms with Gasteiger partial charge in [-0.25, -0.2) is 4.39 Å². The number of halogens is 1. The second-order valence-corrected chi connectivity index (χ2v) is 8.68. The summed E-state index contributed by atoms with van der Waals surface area (Å²) in [5.41, 5.74) is 1.72. The molecule has 1 aliphatic rings. The Morgan fingerprint density at radius 2 is 1.91 bits per heavy atom. The molecule has 0 saturated carbocycles. The number of nitrogens with one attached hydrogen (secondary N) is 4. The molecule has 180 valence electrons. The largest absolute Gasteiger partial charge is 0.356 e. The van der Waals surface area contributed by atoms with E-state index in [2.05, 4.69) is 20.9 Å². The zero-order valence-corrected chi connectivity index (χ0v) is 19.0. The molecule has 1 fully saturated rings. The smallest absolute Gasteiger partial charge is 0.268 e. The second kappa shape index (κ2) is 10.8. The summed E-state index contributed by atoms with van der Waals surface area (Å²) in [4.78, 5) is 41.3. The summed E-state index contributed by atoms with van der Waals surface area (Å²) in [7, 11) is 0. The number of nitrogens with zero attached hydrogens (tertiary/aromatic N) is 1. The highest BCUT2D eigenvalue weighted by Gasteiger charge is 2.29. The van der Waals surface area contributed by atoms with Crippen LogP contribution in [0.1, 0.15) is 35.3 Å². The van der Waals surface area contributed by atoms with Gasteiger partial charge in [0.15, 0.2) is 0 Å². The number of carbonyl (C=O) groups is 3. The number of para-hydroxylation sites is 1. The van der Waals surface area contributed by atoms with E-state index in [1.54, 1.807) is 18.2 Å². The van der Waals surface area contributed by atoms with Crippen molar-refractivity contribution < 1.29 is 18.8 Å². The molecule has 0 aliphatic carbocycles. The standard InChI is InChI=1S/C26H26FN5O3/c27-19-9-7-16(8-10-19)12-22(32-26(35)23-14-17-4-1-2-6-21(17)31-23)25(34)30-20(15-28)13-18-5-3-11-29-24(18)33/h1-2,4,6-10,14,18,20,22,31H,3,5,11-13H2,(H,29,33)(H,30,34)(H,32,35)/t18-,20-,22-/m0/s1. The molecule has 0 spiro atoms. The molecule has 3 atom stereocenters. The zero-order valence-electron chi connectivity index (χ0n) is 19.0. The summed E-state index contributed by atoms with van der Waals surface area (Å²) in [6.45, 7) is 0.610. The zero-order chi connectivity index (χ0) is 24.8. The maximum atomic E-state index is 13.4. The molecule has 2 heterocycles. The van der Waals surface area contributed by atoms with E-state index in [9.17, 15) is 24.0 Å². The van der Waals surface area contributed by atoms with E-state index in [0.29, 0.717) is 24.2 Å². The molecule has 9 heteroatoms. The molecule has 35 heavy (non-hydrogen) atoms. The van der Waals surface area contributed by atoms with Gasteiger partial charge in [0.2, 0.25) is 11.8 Å². The number of fused-ring (bicyclic) bond motifs is 1. The van der Waals surface area contributed by atoms with Crippen LogP contribution in [-0.4, -0.2) is 41.3 Å². The fourth-order valence-corrected chi connectivity index (χ4v) is 4.26. The fourth-order valence-electron chi connectivity index (χ4n) is 4.26. The van der Waals surface area contributed by atoms with E-state index < -0.39 is 29.7 Å². The van der Waals surface area contributed by atoms with Gasteiger partial charge in [-0.2, -0.15) is 5.26 Å². The van der Waals surface area contributed by atoms with Gasteiger partial charge in [0.05, 0.1) is 6.07 Å². The van der Waals surface area contributed by atoms with Crippen molar-refractivity contribution in [1.82, 2.24) is 20.9 Å². The molecule has 1 saturated heterocycles. The van der Waals surface area contributed by atoms with Crippen molar-refractivity contribution in [2.24, 2.45) is 5.92 Å². The molecule has 1 aromatic heterocycles. The van der Waals surface area contributed by atoms with Crippen molar-refractivity contribution >= 4 is 28.6 Å². The highest BCUT2D eigenvalue weighted by atomic mass is 19.1. The van der Waals surface area contributed by atoms with Crippen LogP contribution in [0.2, 0.25) is 0 Å². The third kappa shape index (κ3) is 6.03. The minimum absolute atomic E-state index is 0.0974. The summed E-state index contributed by atoms with van der Waals surface area (Å²) in [5.74, 6) is -1.93. The monoisotopic (exact) mass is 475 g/mol. The van der Waals surface area contributed by atoms with Crippen molar-refractivity contribution in [2.45, 2.75) is 37.8 Å². The number of hydrogen-bond acceptors (Lipinski definition) is 4. The molecule has 0 unspecified atom stereocenters. The molecule has 4 rings (SSSR count). The lowest BCUT2D eigenvalue weighted by Crippen LogP contribution is -2.51. The lowest BCUT2D eigenvalue weighted by molar-refractivity contribution is -0.128. The Balaban J connectivity index is 1.50. The average Bonchev–Trinajstić information content (AvgIpc) is 3.30. The van der Waals surface area contributed by atoms with Crippen molar-refractivity contribution in [1.29, 1.82) is 5.26 Å². The van der Waals surface area contributed by atoms with Crippen LogP contribution >= 0.6 is 0 Å². The topological polar surface area (TPSA) is 127 Å². The molecule has 8 nitrogen and oxygen atoms in total. The minimum Gasteiger partial charge on any atom is -0.356 e. The van der Waals surface area contributed by atoms with E-state index >= 15 is 0 Å². The van der Waals surface area contributed by atoms with Gasteiger partial charge in [0, 0.05) is 29.8 Å². The van der Waals surface area contributed by atoms with Crippen LogP contribution in [-0.2, 0) is 16.0 Å². The van der Waals surface area contributed by atoms with E-state index in [-0.39, 0.29) is 24.7 Å². The predicted molar refractivity (Wildman–Crippen MR) is 128 cm³/mol. The van der Waals surface area contributed by atoms with Crippen molar-refractivity contribution in [2.75, 3.05) is 6.54 Å². The molecule has 4 N–H and O–H groups in total. The molecule has 1 aliphatic heterocycles. The normalized spacial score (nSPS) is 17.1. The molecule has 2 aromatic carbocycles.